The van der Waals surface area contributed by atoms with Gasteiger partial charge in [0.1, 0.15) is 5.60 Å². The minimum atomic E-state index is -1.15. The van der Waals surface area contributed by atoms with Crippen LogP contribution in [0.4, 0.5) is 0 Å². The lowest BCUT2D eigenvalue weighted by atomic mass is 9.70. The van der Waals surface area contributed by atoms with Crippen molar-refractivity contribution in [1.29, 1.82) is 0 Å². The number of benzene rings is 1. The molecule has 0 saturated heterocycles. The van der Waals surface area contributed by atoms with Crippen LogP contribution in [0.2, 0.25) is 5.02 Å². The molecule has 1 heterocycles. The normalized spacial score (nSPS) is 15.0. The third-order valence-corrected chi connectivity index (χ3v) is 3.63. The average molecular weight is 276 g/mol. The molecule has 1 aromatic carbocycles. The number of hydrogen-bond acceptors (Lipinski definition) is 2. The fourth-order valence-corrected chi connectivity index (χ4v) is 2.36. The Hall–Kier alpha value is -1.38. The fraction of sp³-hybridized carbons (Fsp3) is 0.312. The standard InChI is InChI=1S/C16H18ClNO/c1-15(2,3)16(19,14-6-4-5-11-18-14)12-7-9-13(17)10-8-12/h4-11,19H,1-3H3. The van der Waals surface area contributed by atoms with Crippen LogP contribution in [0.5, 0.6) is 0 Å². The van der Waals surface area contributed by atoms with Gasteiger partial charge in [-0.15, -0.1) is 0 Å². The van der Waals surface area contributed by atoms with Crippen molar-refractivity contribution in [3.63, 3.8) is 0 Å². The first-order valence-corrected chi connectivity index (χ1v) is 6.63. The molecular formula is C16H18ClNO. The Morgan fingerprint density at radius 3 is 2.11 bits per heavy atom. The summed E-state index contributed by atoms with van der Waals surface area (Å²) in [5.74, 6) is 0. The first-order chi connectivity index (χ1) is 8.85. The molecule has 0 spiro atoms. The van der Waals surface area contributed by atoms with E-state index < -0.39 is 11.0 Å². The Bertz CT molecular complexity index is 545. The van der Waals surface area contributed by atoms with Crippen molar-refractivity contribution in [3.8, 4) is 0 Å². The monoisotopic (exact) mass is 275 g/mol. The molecule has 0 aliphatic heterocycles. The summed E-state index contributed by atoms with van der Waals surface area (Å²) < 4.78 is 0. The van der Waals surface area contributed by atoms with Crippen LogP contribution < -0.4 is 0 Å². The Morgan fingerprint density at radius 1 is 1.00 bits per heavy atom. The van der Waals surface area contributed by atoms with Crippen LogP contribution in [0.1, 0.15) is 32.0 Å². The van der Waals surface area contributed by atoms with Gasteiger partial charge in [-0.1, -0.05) is 50.6 Å². The van der Waals surface area contributed by atoms with Crippen molar-refractivity contribution in [1.82, 2.24) is 4.98 Å². The van der Waals surface area contributed by atoms with Crippen molar-refractivity contribution in [2.75, 3.05) is 0 Å². The van der Waals surface area contributed by atoms with Gasteiger partial charge in [0.15, 0.2) is 0 Å². The van der Waals surface area contributed by atoms with Crippen LogP contribution in [-0.4, -0.2) is 10.1 Å². The van der Waals surface area contributed by atoms with E-state index in [-0.39, 0.29) is 0 Å². The number of pyridine rings is 1. The van der Waals surface area contributed by atoms with Gasteiger partial charge in [0.25, 0.3) is 0 Å². The number of rotatable bonds is 2. The summed E-state index contributed by atoms with van der Waals surface area (Å²) in [4.78, 5) is 4.33. The first kappa shape index (κ1) is 14.0. The predicted octanol–water partition coefficient (Wildman–Crippen LogP) is 4.02. The van der Waals surface area contributed by atoms with E-state index in [9.17, 15) is 5.11 Å². The number of hydrogen-bond donors (Lipinski definition) is 1. The summed E-state index contributed by atoms with van der Waals surface area (Å²) in [5, 5.41) is 11.9. The van der Waals surface area contributed by atoms with Gasteiger partial charge in [-0.2, -0.15) is 0 Å². The molecule has 1 N–H and O–H groups in total. The molecule has 0 aliphatic carbocycles. The first-order valence-electron chi connectivity index (χ1n) is 6.25. The smallest absolute Gasteiger partial charge is 0.136 e. The Kier molecular flexibility index (Phi) is 3.66. The Balaban J connectivity index is 2.63. The lowest BCUT2D eigenvalue weighted by molar-refractivity contribution is -0.0295. The van der Waals surface area contributed by atoms with Gasteiger partial charge in [0, 0.05) is 16.6 Å². The predicted molar refractivity (Wildman–Crippen MR) is 78.1 cm³/mol. The quantitative estimate of drug-likeness (QED) is 0.898. The van der Waals surface area contributed by atoms with Gasteiger partial charge in [-0.3, -0.25) is 4.98 Å². The minimum absolute atomic E-state index is 0.394. The maximum absolute atomic E-state index is 11.3. The molecule has 19 heavy (non-hydrogen) atoms. The zero-order chi connectivity index (χ0) is 14.1. The fourth-order valence-electron chi connectivity index (χ4n) is 2.23. The summed E-state index contributed by atoms with van der Waals surface area (Å²) >= 11 is 5.92. The number of aliphatic hydroxyl groups is 1. The maximum atomic E-state index is 11.3. The molecule has 2 nitrogen and oxygen atoms in total. The van der Waals surface area contributed by atoms with Crippen molar-refractivity contribution in [2.24, 2.45) is 5.41 Å². The third kappa shape index (κ3) is 2.51. The van der Waals surface area contributed by atoms with Crippen LogP contribution >= 0.6 is 11.6 Å². The number of nitrogens with zero attached hydrogens (tertiary/aromatic N) is 1. The highest BCUT2D eigenvalue weighted by Gasteiger charge is 2.44. The second-order valence-corrected chi connectivity index (χ2v) is 6.12. The molecule has 1 aromatic heterocycles. The van der Waals surface area contributed by atoms with Crippen molar-refractivity contribution in [2.45, 2.75) is 26.4 Å². The highest BCUT2D eigenvalue weighted by atomic mass is 35.5. The molecule has 0 bridgehead atoms. The zero-order valence-electron chi connectivity index (χ0n) is 11.4. The van der Waals surface area contributed by atoms with Gasteiger partial charge >= 0.3 is 0 Å². The summed E-state index contributed by atoms with van der Waals surface area (Å²) in [6.45, 7) is 5.99. The number of halogens is 1. The van der Waals surface area contributed by atoms with Gasteiger partial charge in [0.05, 0.1) is 5.69 Å². The molecule has 0 saturated carbocycles. The average Bonchev–Trinajstić information content (AvgIpc) is 2.38. The highest BCUT2D eigenvalue weighted by Crippen LogP contribution is 2.43. The van der Waals surface area contributed by atoms with E-state index in [1.165, 1.54) is 0 Å². The molecule has 1 atom stereocenters. The van der Waals surface area contributed by atoms with E-state index in [4.69, 9.17) is 11.6 Å². The van der Waals surface area contributed by atoms with E-state index in [1.54, 1.807) is 18.3 Å². The lowest BCUT2D eigenvalue weighted by Gasteiger charge is -2.40. The largest absolute Gasteiger partial charge is 0.378 e. The molecule has 0 fully saturated rings. The van der Waals surface area contributed by atoms with E-state index in [2.05, 4.69) is 4.98 Å². The van der Waals surface area contributed by atoms with Crippen LogP contribution in [0.3, 0.4) is 0 Å². The third-order valence-electron chi connectivity index (χ3n) is 3.38. The van der Waals surface area contributed by atoms with Gasteiger partial charge in [-0.05, 0) is 29.8 Å². The van der Waals surface area contributed by atoms with E-state index in [1.807, 2.05) is 51.1 Å². The molecule has 100 valence electrons. The molecule has 3 heteroatoms. The van der Waals surface area contributed by atoms with Crippen LogP contribution in [0.25, 0.3) is 0 Å². The topological polar surface area (TPSA) is 33.1 Å². The second-order valence-electron chi connectivity index (χ2n) is 5.68. The number of aromatic nitrogens is 1. The van der Waals surface area contributed by atoms with Gasteiger partial charge in [-0.25, -0.2) is 0 Å². The Morgan fingerprint density at radius 2 is 1.63 bits per heavy atom. The van der Waals surface area contributed by atoms with Gasteiger partial charge in [0.2, 0.25) is 0 Å². The van der Waals surface area contributed by atoms with Crippen LogP contribution in [0, 0.1) is 5.41 Å². The Labute approximate surface area is 119 Å². The SMILES string of the molecule is CC(C)(C)C(O)(c1ccc(Cl)cc1)c1ccccn1. The highest BCUT2D eigenvalue weighted by molar-refractivity contribution is 6.30. The van der Waals surface area contributed by atoms with Crippen molar-refractivity contribution < 1.29 is 5.11 Å². The molecule has 0 amide bonds. The van der Waals surface area contributed by atoms with Crippen molar-refractivity contribution >= 4 is 11.6 Å². The zero-order valence-corrected chi connectivity index (χ0v) is 12.1. The molecule has 2 rings (SSSR count). The van der Waals surface area contributed by atoms with E-state index in [0.717, 1.165) is 5.56 Å². The molecule has 0 radical (unpaired) electrons. The van der Waals surface area contributed by atoms with E-state index in [0.29, 0.717) is 10.7 Å². The van der Waals surface area contributed by atoms with Gasteiger partial charge < -0.3 is 5.11 Å². The van der Waals surface area contributed by atoms with Crippen LogP contribution in [0.15, 0.2) is 48.7 Å². The summed E-state index contributed by atoms with van der Waals surface area (Å²) in [6.07, 6.45) is 1.70. The van der Waals surface area contributed by atoms with Crippen molar-refractivity contribution in [3.05, 3.63) is 64.9 Å². The molecule has 2 aromatic rings. The summed E-state index contributed by atoms with van der Waals surface area (Å²) in [5.41, 5.74) is -0.110. The van der Waals surface area contributed by atoms with E-state index >= 15 is 0 Å². The lowest BCUT2D eigenvalue weighted by Crippen LogP contribution is -2.41. The molecular weight excluding hydrogens is 258 g/mol. The summed E-state index contributed by atoms with van der Waals surface area (Å²) in [6, 6.07) is 12.8. The molecule has 0 aliphatic rings. The summed E-state index contributed by atoms with van der Waals surface area (Å²) in [7, 11) is 0. The maximum Gasteiger partial charge on any atom is 0.136 e. The van der Waals surface area contributed by atoms with Crippen LogP contribution in [-0.2, 0) is 5.60 Å². The molecule has 1 unspecified atom stereocenters. The minimum Gasteiger partial charge on any atom is -0.378 e. The second kappa shape index (κ2) is 4.95.